The zero-order chi connectivity index (χ0) is 10.9. The Morgan fingerprint density at radius 1 is 1.36 bits per heavy atom. The van der Waals surface area contributed by atoms with E-state index in [1.54, 1.807) is 6.92 Å². The van der Waals surface area contributed by atoms with E-state index in [-0.39, 0.29) is 36.2 Å². The summed E-state index contributed by atoms with van der Waals surface area (Å²) in [6.07, 6.45) is 0. The molecule has 0 bridgehead atoms. The first-order valence-electron chi connectivity index (χ1n) is 3.88. The fraction of sp³-hybridized carbons (Fsp3) is 1.00. The molecule has 0 spiro atoms. The van der Waals surface area contributed by atoms with Crippen LogP contribution in [0.3, 0.4) is 0 Å². The second-order valence-electron chi connectivity index (χ2n) is 2.12. The molecule has 14 heavy (non-hydrogen) atoms. The molecule has 0 aliphatic heterocycles. The van der Waals surface area contributed by atoms with Crippen molar-refractivity contribution in [3.63, 3.8) is 0 Å². The average Bonchev–Trinajstić information content (AvgIpc) is 2.04. The largest absolute Gasteiger partial charge is 0.360 e. The fourth-order valence-electron chi connectivity index (χ4n) is 0.321. The summed E-state index contributed by atoms with van der Waals surface area (Å²) < 4.78 is 33.1. The van der Waals surface area contributed by atoms with Gasteiger partial charge >= 0.3 is 0 Å². The van der Waals surface area contributed by atoms with E-state index in [0.717, 1.165) is 0 Å². The Hall–Kier alpha value is 0.790. The minimum atomic E-state index is -3.99. The maximum atomic E-state index is 10.2. The fourth-order valence-corrected chi connectivity index (χ4v) is 0.629. The van der Waals surface area contributed by atoms with Gasteiger partial charge in [-0.2, -0.15) is 8.42 Å². The van der Waals surface area contributed by atoms with Gasteiger partial charge in [-0.15, -0.1) is 0 Å². The summed E-state index contributed by atoms with van der Waals surface area (Å²) in [7, 11) is -3.99. The first kappa shape index (κ1) is 20.2. The van der Waals surface area contributed by atoms with Gasteiger partial charge in [0.1, 0.15) is 0 Å². The maximum Gasteiger partial charge on any atom is 0.291 e. The van der Waals surface area contributed by atoms with Crippen molar-refractivity contribution < 1.29 is 17.7 Å². The van der Waals surface area contributed by atoms with Crippen LogP contribution in [0, 0.1) is 0 Å². The van der Waals surface area contributed by atoms with E-state index in [1.165, 1.54) is 6.92 Å². The van der Waals surface area contributed by atoms with E-state index in [1.807, 2.05) is 0 Å². The third kappa shape index (κ3) is 15.3. The number of hydrogen-bond donors (Lipinski definition) is 3. The molecule has 83 valence electrons. The van der Waals surface area contributed by atoms with Gasteiger partial charge in [0.25, 0.3) is 10.1 Å². The molecule has 0 aromatic rings. The van der Waals surface area contributed by atoms with Crippen molar-refractivity contribution in [2.45, 2.75) is 19.3 Å². The first-order valence-corrected chi connectivity index (χ1v) is 5.38. The SMILES string of the molecule is CCOC(C)S(=O)(=O)O.NCCN.[Na]. The van der Waals surface area contributed by atoms with Crippen molar-refractivity contribution in [1.82, 2.24) is 0 Å². The third-order valence-corrected chi connectivity index (χ3v) is 1.96. The summed E-state index contributed by atoms with van der Waals surface area (Å²) in [5.41, 5.74) is 8.70. The molecule has 0 saturated heterocycles. The van der Waals surface area contributed by atoms with Crippen LogP contribution in [0.25, 0.3) is 0 Å². The quantitative estimate of drug-likeness (QED) is 0.417. The molecule has 0 heterocycles. The summed E-state index contributed by atoms with van der Waals surface area (Å²) in [4.78, 5) is 0. The molecule has 8 heteroatoms. The Labute approximate surface area is 107 Å². The van der Waals surface area contributed by atoms with Crippen LogP contribution in [0.2, 0.25) is 0 Å². The standard InChI is InChI=1S/C4H10O4S.C2H8N2.Na/c1-3-8-4(2)9(5,6)7;3-1-2-4;/h4H,3H2,1-2H3,(H,5,6,7);1-4H2;. The predicted molar refractivity (Wildman–Crippen MR) is 56.5 cm³/mol. The molecule has 1 radical (unpaired) electrons. The summed E-state index contributed by atoms with van der Waals surface area (Å²) in [5, 5.41) is 0. The van der Waals surface area contributed by atoms with Crippen molar-refractivity contribution in [1.29, 1.82) is 0 Å². The molecule has 0 aliphatic rings. The molecule has 0 saturated carbocycles. The third-order valence-electron chi connectivity index (χ3n) is 0.988. The van der Waals surface area contributed by atoms with Crippen LogP contribution in [-0.2, 0) is 14.9 Å². The van der Waals surface area contributed by atoms with Gasteiger partial charge in [0.2, 0.25) is 0 Å². The van der Waals surface area contributed by atoms with Crippen LogP contribution < -0.4 is 11.5 Å². The van der Waals surface area contributed by atoms with Gasteiger partial charge in [-0.1, -0.05) is 0 Å². The van der Waals surface area contributed by atoms with Crippen molar-refractivity contribution in [3.8, 4) is 0 Å². The van der Waals surface area contributed by atoms with Crippen LogP contribution in [0.1, 0.15) is 13.8 Å². The Bertz CT molecular complexity index is 196. The number of rotatable bonds is 4. The normalized spacial score (nSPS) is 12.1. The topological polar surface area (TPSA) is 116 Å². The van der Waals surface area contributed by atoms with Gasteiger partial charge in [-0.05, 0) is 13.8 Å². The Morgan fingerprint density at radius 3 is 1.79 bits per heavy atom. The van der Waals surface area contributed by atoms with E-state index < -0.39 is 15.6 Å². The molecule has 0 aromatic carbocycles. The van der Waals surface area contributed by atoms with E-state index in [9.17, 15) is 8.42 Å². The number of ether oxygens (including phenoxy) is 1. The van der Waals surface area contributed by atoms with Crippen LogP contribution >= 0.6 is 0 Å². The minimum Gasteiger partial charge on any atom is -0.360 e. The summed E-state index contributed by atoms with van der Waals surface area (Å²) >= 11 is 0. The summed E-state index contributed by atoms with van der Waals surface area (Å²) in [6.45, 7) is 4.40. The van der Waals surface area contributed by atoms with Gasteiger partial charge in [-0.25, -0.2) is 0 Å². The Kier molecular flexibility index (Phi) is 17.1. The monoisotopic (exact) mass is 237 g/mol. The van der Waals surface area contributed by atoms with Gasteiger partial charge in [0.15, 0.2) is 5.44 Å². The number of hydrogen-bond acceptors (Lipinski definition) is 5. The zero-order valence-electron chi connectivity index (χ0n) is 8.93. The maximum absolute atomic E-state index is 10.2. The van der Waals surface area contributed by atoms with Gasteiger partial charge < -0.3 is 16.2 Å². The molecule has 0 fully saturated rings. The van der Waals surface area contributed by atoms with Gasteiger partial charge in [0.05, 0.1) is 0 Å². The van der Waals surface area contributed by atoms with Crippen molar-refractivity contribution in [2.24, 2.45) is 11.5 Å². The van der Waals surface area contributed by atoms with E-state index in [4.69, 9.17) is 16.0 Å². The number of nitrogens with two attached hydrogens (primary N) is 2. The smallest absolute Gasteiger partial charge is 0.291 e. The summed E-state index contributed by atoms with van der Waals surface area (Å²) in [6, 6.07) is 0. The second-order valence-corrected chi connectivity index (χ2v) is 3.81. The molecule has 1 unspecified atom stereocenters. The molecule has 0 aromatic heterocycles. The van der Waals surface area contributed by atoms with Crippen LogP contribution in [0.5, 0.6) is 0 Å². The molecule has 0 rings (SSSR count). The van der Waals surface area contributed by atoms with Crippen LogP contribution in [-0.4, -0.2) is 67.7 Å². The minimum absolute atomic E-state index is 0. The van der Waals surface area contributed by atoms with Crippen LogP contribution in [0.4, 0.5) is 0 Å². The van der Waals surface area contributed by atoms with E-state index in [2.05, 4.69) is 4.74 Å². The summed E-state index contributed by atoms with van der Waals surface area (Å²) in [5.74, 6) is 0. The van der Waals surface area contributed by atoms with E-state index in [0.29, 0.717) is 13.1 Å². The van der Waals surface area contributed by atoms with Gasteiger partial charge in [0, 0.05) is 49.3 Å². The molecule has 0 aliphatic carbocycles. The molecular formula is C6H18N2NaO4S. The van der Waals surface area contributed by atoms with Crippen LogP contribution in [0.15, 0.2) is 0 Å². The van der Waals surface area contributed by atoms with Crippen molar-refractivity contribution in [2.75, 3.05) is 19.7 Å². The molecule has 0 amide bonds. The molecule has 5 N–H and O–H groups in total. The molecular weight excluding hydrogens is 219 g/mol. The molecule has 6 nitrogen and oxygen atoms in total. The zero-order valence-corrected chi connectivity index (χ0v) is 11.8. The Morgan fingerprint density at radius 2 is 1.71 bits per heavy atom. The predicted octanol–water partition coefficient (Wildman–Crippen LogP) is -1.22. The van der Waals surface area contributed by atoms with Gasteiger partial charge in [-0.3, -0.25) is 4.55 Å². The Balaban J connectivity index is -0.000000209. The van der Waals surface area contributed by atoms with Crippen molar-refractivity contribution >= 4 is 39.7 Å². The average molecular weight is 237 g/mol. The van der Waals surface area contributed by atoms with Crippen molar-refractivity contribution in [3.05, 3.63) is 0 Å². The second kappa shape index (κ2) is 11.9. The molecule has 1 atom stereocenters. The first-order chi connectivity index (χ1) is 5.90. The van der Waals surface area contributed by atoms with E-state index >= 15 is 0 Å².